The molecule has 1 saturated carbocycles. The first kappa shape index (κ1) is 13.7. The molecule has 2 aromatic rings. The van der Waals surface area contributed by atoms with Crippen molar-refractivity contribution in [1.82, 2.24) is 15.1 Å². The summed E-state index contributed by atoms with van der Waals surface area (Å²) in [6.45, 7) is 2.59. The van der Waals surface area contributed by atoms with Crippen LogP contribution in [-0.2, 0) is 6.54 Å². The van der Waals surface area contributed by atoms with E-state index in [0.29, 0.717) is 23.8 Å². The van der Waals surface area contributed by atoms with Crippen molar-refractivity contribution in [2.75, 3.05) is 12.8 Å². The van der Waals surface area contributed by atoms with Crippen molar-refractivity contribution < 1.29 is 4.79 Å². The number of nitrogens with zero attached hydrogens (tertiary/aromatic N) is 2. The molecular weight excluding hydrogens is 264 g/mol. The van der Waals surface area contributed by atoms with Crippen LogP contribution in [0.2, 0.25) is 0 Å². The molecule has 0 bridgehead atoms. The highest BCUT2D eigenvalue weighted by molar-refractivity contribution is 5.97. The largest absolute Gasteiger partial charge is 0.395 e. The molecule has 0 spiro atoms. The number of nitrogens with one attached hydrogen (secondary N) is 1. The lowest BCUT2D eigenvalue weighted by atomic mass is 10.1. The van der Waals surface area contributed by atoms with Gasteiger partial charge in [0.25, 0.3) is 5.91 Å². The summed E-state index contributed by atoms with van der Waals surface area (Å²) in [5.74, 6) is 0.318. The highest BCUT2D eigenvalue weighted by Crippen LogP contribution is 2.42. The summed E-state index contributed by atoms with van der Waals surface area (Å²) in [7, 11) is 1.77. The van der Waals surface area contributed by atoms with Crippen molar-refractivity contribution in [2.45, 2.75) is 32.2 Å². The number of hydrogen-bond donors (Lipinski definition) is 2. The summed E-state index contributed by atoms with van der Waals surface area (Å²) in [5, 5.41) is 7.04. The molecule has 3 rings (SSSR count). The second-order valence-corrected chi connectivity index (χ2v) is 5.82. The molecule has 1 fully saturated rings. The van der Waals surface area contributed by atoms with E-state index in [2.05, 4.69) is 16.3 Å². The lowest BCUT2D eigenvalue weighted by Crippen LogP contribution is -2.27. The monoisotopic (exact) mass is 284 g/mol. The number of aryl methyl sites for hydroxylation is 1. The standard InChI is InChI=1S/C16H20N4O/c1-10-4-3-5-11(8-10)9-20(2)16(21)15-13(17)14(18-19-15)12-6-7-12/h3-5,8,12H,6-7,9,17H2,1-2H3,(H,18,19). The van der Waals surface area contributed by atoms with Gasteiger partial charge in [-0.3, -0.25) is 9.89 Å². The van der Waals surface area contributed by atoms with Crippen LogP contribution in [0.5, 0.6) is 0 Å². The van der Waals surface area contributed by atoms with E-state index in [0.717, 1.165) is 24.1 Å². The first-order valence-electron chi connectivity index (χ1n) is 7.21. The van der Waals surface area contributed by atoms with Gasteiger partial charge >= 0.3 is 0 Å². The average Bonchev–Trinajstić information content (AvgIpc) is 3.21. The number of nitrogens with two attached hydrogens (primary N) is 1. The fourth-order valence-electron chi connectivity index (χ4n) is 2.55. The molecule has 110 valence electrons. The summed E-state index contributed by atoms with van der Waals surface area (Å²) < 4.78 is 0. The van der Waals surface area contributed by atoms with Gasteiger partial charge in [0, 0.05) is 19.5 Å². The molecule has 3 N–H and O–H groups in total. The number of carbonyl (C=O) groups excluding carboxylic acids is 1. The van der Waals surface area contributed by atoms with E-state index in [4.69, 9.17) is 5.73 Å². The molecule has 0 radical (unpaired) electrons. The van der Waals surface area contributed by atoms with E-state index in [-0.39, 0.29) is 5.91 Å². The smallest absolute Gasteiger partial charge is 0.276 e. The van der Waals surface area contributed by atoms with Crippen molar-refractivity contribution in [3.63, 3.8) is 0 Å². The Hall–Kier alpha value is -2.30. The molecule has 1 aliphatic rings. The zero-order valence-electron chi connectivity index (χ0n) is 12.4. The molecule has 0 atom stereocenters. The van der Waals surface area contributed by atoms with Crippen LogP contribution >= 0.6 is 0 Å². The van der Waals surface area contributed by atoms with E-state index < -0.39 is 0 Å². The van der Waals surface area contributed by atoms with E-state index in [1.807, 2.05) is 25.1 Å². The Labute approximate surface area is 124 Å². The van der Waals surface area contributed by atoms with Crippen molar-refractivity contribution in [3.05, 3.63) is 46.8 Å². The van der Waals surface area contributed by atoms with Crippen LogP contribution in [0.15, 0.2) is 24.3 Å². The average molecular weight is 284 g/mol. The van der Waals surface area contributed by atoms with Gasteiger partial charge in [-0.1, -0.05) is 29.8 Å². The van der Waals surface area contributed by atoms with Crippen molar-refractivity contribution in [3.8, 4) is 0 Å². The number of nitrogen functional groups attached to an aromatic ring is 1. The fourth-order valence-corrected chi connectivity index (χ4v) is 2.55. The van der Waals surface area contributed by atoms with E-state index in [1.165, 1.54) is 5.56 Å². The molecule has 0 saturated heterocycles. The predicted molar refractivity (Wildman–Crippen MR) is 82.0 cm³/mol. The molecule has 0 unspecified atom stereocenters. The Morgan fingerprint density at radius 1 is 1.48 bits per heavy atom. The summed E-state index contributed by atoms with van der Waals surface area (Å²) in [5.41, 5.74) is 10.1. The van der Waals surface area contributed by atoms with Crippen LogP contribution in [0, 0.1) is 6.92 Å². The van der Waals surface area contributed by atoms with Gasteiger partial charge in [0.05, 0.1) is 11.4 Å². The summed E-state index contributed by atoms with van der Waals surface area (Å²) >= 11 is 0. The Morgan fingerprint density at radius 2 is 2.24 bits per heavy atom. The van der Waals surface area contributed by atoms with Crippen LogP contribution in [0.1, 0.15) is 46.1 Å². The normalized spacial score (nSPS) is 14.2. The minimum Gasteiger partial charge on any atom is -0.395 e. The molecule has 21 heavy (non-hydrogen) atoms. The minimum atomic E-state index is -0.142. The van der Waals surface area contributed by atoms with Gasteiger partial charge in [0.2, 0.25) is 0 Å². The van der Waals surface area contributed by atoms with Gasteiger partial charge in [0.1, 0.15) is 0 Å². The maximum atomic E-state index is 12.5. The number of aromatic nitrogens is 2. The SMILES string of the molecule is Cc1cccc(CN(C)C(=O)c2n[nH]c(C3CC3)c2N)c1. The van der Waals surface area contributed by atoms with Crippen molar-refractivity contribution in [1.29, 1.82) is 0 Å². The number of amides is 1. The molecule has 5 heteroatoms. The minimum absolute atomic E-state index is 0.142. The Morgan fingerprint density at radius 3 is 2.90 bits per heavy atom. The number of hydrogen-bond acceptors (Lipinski definition) is 3. The molecular formula is C16H20N4O. The number of aromatic amines is 1. The maximum Gasteiger partial charge on any atom is 0.276 e. The van der Waals surface area contributed by atoms with E-state index in [1.54, 1.807) is 11.9 Å². The molecule has 1 aromatic carbocycles. The van der Waals surface area contributed by atoms with Gasteiger partial charge < -0.3 is 10.6 Å². The lowest BCUT2D eigenvalue weighted by molar-refractivity contribution is 0.0780. The maximum absolute atomic E-state index is 12.5. The summed E-state index contributed by atoms with van der Waals surface area (Å²) in [6.07, 6.45) is 2.25. The Bertz CT molecular complexity index is 673. The Balaban J connectivity index is 1.75. The quantitative estimate of drug-likeness (QED) is 0.905. The number of H-pyrrole nitrogens is 1. The number of carbonyl (C=O) groups is 1. The van der Waals surface area contributed by atoms with Crippen LogP contribution in [-0.4, -0.2) is 28.1 Å². The zero-order valence-corrected chi connectivity index (χ0v) is 12.4. The van der Waals surface area contributed by atoms with E-state index in [9.17, 15) is 4.79 Å². The topological polar surface area (TPSA) is 75.0 Å². The number of benzene rings is 1. The van der Waals surface area contributed by atoms with E-state index >= 15 is 0 Å². The first-order valence-corrected chi connectivity index (χ1v) is 7.21. The molecule has 1 aromatic heterocycles. The summed E-state index contributed by atoms with van der Waals surface area (Å²) in [6, 6.07) is 8.13. The van der Waals surface area contributed by atoms with Crippen molar-refractivity contribution in [2.24, 2.45) is 0 Å². The second-order valence-electron chi connectivity index (χ2n) is 5.82. The molecule has 1 aliphatic carbocycles. The lowest BCUT2D eigenvalue weighted by Gasteiger charge is -2.16. The van der Waals surface area contributed by atoms with Gasteiger partial charge in [-0.05, 0) is 25.3 Å². The van der Waals surface area contributed by atoms with Crippen LogP contribution in [0.3, 0.4) is 0 Å². The van der Waals surface area contributed by atoms with Gasteiger partial charge in [-0.2, -0.15) is 5.10 Å². The molecule has 5 nitrogen and oxygen atoms in total. The molecule has 0 aliphatic heterocycles. The van der Waals surface area contributed by atoms with Gasteiger partial charge in [-0.15, -0.1) is 0 Å². The van der Waals surface area contributed by atoms with Crippen LogP contribution in [0.4, 0.5) is 5.69 Å². The fraction of sp³-hybridized carbons (Fsp3) is 0.375. The summed E-state index contributed by atoms with van der Waals surface area (Å²) in [4.78, 5) is 14.1. The molecule has 1 heterocycles. The zero-order chi connectivity index (χ0) is 15.0. The Kier molecular flexibility index (Phi) is 3.41. The third-order valence-corrected chi connectivity index (χ3v) is 3.87. The van der Waals surface area contributed by atoms with Gasteiger partial charge in [0.15, 0.2) is 5.69 Å². The first-order chi connectivity index (χ1) is 10.1. The van der Waals surface area contributed by atoms with Crippen molar-refractivity contribution >= 4 is 11.6 Å². The number of rotatable bonds is 4. The van der Waals surface area contributed by atoms with Crippen LogP contribution in [0.25, 0.3) is 0 Å². The van der Waals surface area contributed by atoms with Gasteiger partial charge in [-0.25, -0.2) is 0 Å². The third kappa shape index (κ3) is 2.77. The predicted octanol–water partition coefficient (Wildman–Crippen LogP) is 2.45. The van der Waals surface area contributed by atoms with Crippen LogP contribution < -0.4 is 5.73 Å². The highest BCUT2D eigenvalue weighted by atomic mass is 16.2. The third-order valence-electron chi connectivity index (χ3n) is 3.87. The number of anilines is 1. The highest BCUT2D eigenvalue weighted by Gasteiger charge is 2.31. The molecule has 1 amide bonds. The second kappa shape index (κ2) is 5.24.